The number of hydrogen-bond donors (Lipinski definition) is 1. The monoisotopic (exact) mass is 493 g/mol. The molecule has 1 aliphatic carbocycles. The summed E-state index contributed by atoms with van der Waals surface area (Å²) < 4.78 is 10.3. The highest BCUT2D eigenvalue weighted by Crippen LogP contribution is 2.41. The molecule has 2 fully saturated rings. The minimum absolute atomic E-state index is 0.0278. The summed E-state index contributed by atoms with van der Waals surface area (Å²) >= 11 is 0. The Morgan fingerprint density at radius 2 is 1.72 bits per heavy atom. The molecular formula is C28H35N3O5. The highest BCUT2D eigenvalue weighted by Gasteiger charge is 2.53. The molecule has 1 aliphatic heterocycles. The number of ether oxygens (including phenoxy) is 2. The maximum Gasteiger partial charge on any atom is 0.325 e. The molecule has 0 aromatic heterocycles. The van der Waals surface area contributed by atoms with Gasteiger partial charge in [0.2, 0.25) is 5.91 Å². The lowest BCUT2D eigenvalue weighted by atomic mass is 9.82. The van der Waals surface area contributed by atoms with Crippen LogP contribution in [-0.2, 0) is 25.7 Å². The van der Waals surface area contributed by atoms with Crippen molar-refractivity contribution in [2.75, 3.05) is 20.3 Å². The second kappa shape index (κ2) is 12.0. The lowest BCUT2D eigenvalue weighted by Crippen LogP contribution is -2.70. The number of carbonyl (C=O) groups is 3. The number of carbonyl (C=O) groups excluding carboxylic acids is 3. The Morgan fingerprint density at radius 3 is 2.36 bits per heavy atom. The first-order chi connectivity index (χ1) is 17.5. The summed E-state index contributed by atoms with van der Waals surface area (Å²) in [5, 5.41) is 6.36. The van der Waals surface area contributed by atoms with Crippen LogP contribution in [0.2, 0.25) is 0 Å². The van der Waals surface area contributed by atoms with E-state index in [2.05, 4.69) is 5.32 Å². The van der Waals surface area contributed by atoms with E-state index < -0.39 is 18.1 Å². The third-order valence-corrected chi connectivity index (χ3v) is 6.99. The van der Waals surface area contributed by atoms with Gasteiger partial charge in [0.1, 0.15) is 24.4 Å². The van der Waals surface area contributed by atoms with Crippen LogP contribution in [-0.4, -0.2) is 54.1 Å². The molecule has 2 amide bonds. The smallest absolute Gasteiger partial charge is 0.325 e. The number of nitrogens with one attached hydrogen (secondary N) is 1. The van der Waals surface area contributed by atoms with Gasteiger partial charge >= 0.3 is 5.97 Å². The number of rotatable bonds is 10. The van der Waals surface area contributed by atoms with Gasteiger partial charge in [0.15, 0.2) is 0 Å². The maximum atomic E-state index is 13.7. The van der Waals surface area contributed by atoms with Gasteiger partial charge in [0.05, 0.1) is 13.7 Å². The highest BCUT2D eigenvalue weighted by atomic mass is 16.5. The van der Waals surface area contributed by atoms with Gasteiger partial charge in [-0.1, -0.05) is 61.7 Å². The minimum atomic E-state index is -0.676. The standard InChI is InChI=1S/C28H35N3O5/c1-3-36-24(32)18-29-27(33)25(21-12-8-5-9-13-21)31-28(34)26(22-14-16-23(35-2)17-15-22)30(31)19-20-10-6-4-7-11-20/h4,6-7,10-11,14-17,21,25-26H,3,5,8-9,12-13,18-19H2,1-2H3,(H,29,33). The van der Waals surface area contributed by atoms with Crippen molar-refractivity contribution in [2.45, 2.75) is 57.7 Å². The van der Waals surface area contributed by atoms with Crippen LogP contribution in [0.15, 0.2) is 54.6 Å². The van der Waals surface area contributed by atoms with E-state index in [-0.39, 0.29) is 30.9 Å². The quantitative estimate of drug-likeness (QED) is 0.509. The van der Waals surface area contributed by atoms with Crippen molar-refractivity contribution < 1.29 is 23.9 Å². The first-order valence-electron chi connectivity index (χ1n) is 12.7. The van der Waals surface area contributed by atoms with Crippen LogP contribution in [0.3, 0.4) is 0 Å². The molecule has 1 N–H and O–H groups in total. The number of methoxy groups -OCH3 is 1. The Balaban J connectivity index is 1.63. The van der Waals surface area contributed by atoms with Gasteiger partial charge in [0, 0.05) is 6.54 Å². The summed E-state index contributed by atoms with van der Waals surface area (Å²) in [6.07, 6.45) is 4.91. The van der Waals surface area contributed by atoms with Crippen LogP contribution >= 0.6 is 0 Å². The fourth-order valence-corrected chi connectivity index (χ4v) is 5.23. The Labute approximate surface area is 212 Å². The number of hydrazine groups is 1. The Hall–Kier alpha value is -3.39. The van der Waals surface area contributed by atoms with E-state index in [0.717, 1.165) is 49.0 Å². The summed E-state index contributed by atoms with van der Waals surface area (Å²) in [5.41, 5.74) is 1.89. The molecule has 1 saturated heterocycles. The van der Waals surface area contributed by atoms with E-state index in [1.807, 2.05) is 59.6 Å². The third-order valence-electron chi connectivity index (χ3n) is 6.99. The molecule has 2 unspecified atom stereocenters. The largest absolute Gasteiger partial charge is 0.497 e. The lowest BCUT2D eigenvalue weighted by molar-refractivity contribution is -0.215. The average Bonchev–Trinajstić information content (AvgIpc) is 2.91. The summed E-state index contributed by atoms with van der Waals surface area (Å²) in [7, 11) is 1.61. The third kappa shape index (κ3) is 5.70. The molecule has 0 bridgehead atoms. The Morgan fingerprint density at radius 1 is 1.03 bits per heavy atom. The van der Waals surface area contributed by atoms with Crippen molar-refractivity contribution in [3.8, 4) is 5.75 Å². The van der Waals surface area contributed by atoms with Crippen molar-refractivity contribution in [2.24, 2.45) is 5.92 Å². The van der Waals surface area contributed by atoms with Gasteiger partial charge in [0.25, 0.3) is 5.91 Å². The number of amides is 2. The Bertz CT molecular complexity index is 1040. The fraction of sp³-hybridized carbons (Fsp3) is 0.464. The zero-order valence-corrected chi connectivity index (χ0v) is 21.0. The number of hydrogen-bond acceptors (Lipinski definition) is 6. The van der Waals surface area contributed by atoms with E-state index in [9.17, 15) is 14.4 Å². The van der Waals surface area contributed by atoms with Crippen LogP contribution in [0.25, 0.3) is 0 Å². The first kappa shape index (κ1) is 25.7. The molecule has 192 valence electrons. The van der Waals surface area contributed by atoms with Gasteiger partial charge < -0.3 is 14.8 Å². The molecular weight excluding hydrogens is 458 g/mol. The molecule has 2 aliphatic rings. The highest BCUT2D eigenvalue weighted by molar-refractivity contribution is 5.94. The van der Waals surface area contributed by atoms with E-state index in [4.69, 9.17) is 9.47 Å². The predicted molar refractivity (Wildman–Crippen MR) is 135 cm³/mol. The first-order valence-corrected chi connectivity index (χ1v) is 12.7. The molecule has 8 heteroatoms. The van der Waals surface area contributed by atoms with Gasteiger partial charge in [-0.3, -0.25) is 19.4 Å². The molecule has 2 aromatic carbocycles. The minimum Gasteiger partial charge on any atom is -0.497 e. The van der Waals surface area contributed by atoms with Gasteiger partial charge in [-0.2, -0.15) is 5.01 Å². The predicted octanol–water partition coefficient (Wildman–Crippen LogP) is 3.62. The van der Waals surface area contributed by atoms with Crippen molar-refractivity contribution in [3.63, 3.8) is 0 Å². The second-order valence-corrected chi connectivity index (χ2v) is 9.31. The molecule has 8 nitrogen and oxygen atoms in total. The molecule has 2 atom stereocenters. The van der Waals surface area contributed by atoms with Gasteiger partial charge in [-0.05, 0) is 48.9 Å². The molecule has 0 spiro atoms. The van der Waals surface area contributed by atoms with E-state index in [0.29, 0.717) is 6.54 Å². The Kier molecular flexibility index (Phi) is 8.59. The zero-order chi connectivity index (χ0) is 25.5. The van der Waals surface area contributed by atoms with Gasteiger partial charge in [-0.15, -0.1) is 0 Å². The van der Waals surface area contributed by atoms with Crippen LogP contribution in [0.5, 0.6) is 5.75 Å². The summed E-state index contributed by atoms with van der Waals surface area (Å²) in [5.74, 6) is -0.164. The van der Waals surface area contributed by atoms with Crippen LogP contribution in [0, 0.1) is 5.92 Å². The molecule has 4 rings (SSSR count). The second-order valence-electron chi connectivity index (χ2n) is 9.31. The lowest BCUT2D eigenvalue weighted by Gasteiger charge is -2.54. The maximum absolute atomic E-state index is 13.7. The van der Waals surface area contributed by atoms with E-state index in [1.165, 1.54) is 0 Å². The SMILES string of the molecule is CCOC(=O)CNC(=O)C(C1CCCCC1)N1C(=O)C(c2ccc(OC)cc2)N1Cc1ccccc1. The number of nitrogens with zero attached hydrogens (tertiary/aromatic N) is 2. The molecule has 1 saturated carbocycles. The molecule has 36 heavy (non-hydrogen) atoms. The summed E-state index contributed by atoms with van der Waals surface area (Å²) in [4.78, 5) is 39.1. The molecule has 1 heterocycles. The molecule has 2 aromatic rings. The van der Waals surface area contributed by atoms with Crippen LogP contribution in [0.1, 0.15) is 56.2 Å². The summed E-state index contributed by atoms with van der Waals surface area (Å²) in [6.45, 7) is 2.25. The summed E-state index contributed by atoms with van der Waals surface area (Å²) in [6, 6.07) is 16.2. The fourth-order valence-electron chi connectivity index (χ4n) is 5.23. The average molecular weight is 494 g/mol. The van der Waals surface area contributed by atoms with Crippen molar-refractivity contribution in [1.82, 2.24) is 15.3 Å². The van der Waals surface area contributed by atoms with Gasteiger partial charge in [-0.25, -0.2) is 0 Å². The van der Waals surface area contributed by atoms with E-state index >= 15 is 0 Å². The topological polar surface area (TPSA) is 88.2 Å². The van der Waals surface area contributed by atoms with Crippen LogP contribution < -0.4 is 10.1 Å². The van der Waals surface area contributed by atoms with Crippen molar-refractivity contribution in [1.29, 1.82) is 0 Å². The van der Waals surface area contributed by atoms with Crippen molar-refractivity contribution >= 4 is 17.8 Å². The normalized spacial score (nSPS) is 19.3. The van der Waals surface area contributed by atoms with Crippen molar-refractivity contribution in [3.05, 3.63) is 65.7 Å². The number of benzene rings is 2. The number of esters is 1. The molecule has 0 radical (unpaired) electrons. The van der Waals surface area contributed by atoms with Crippen LogP contribution in [0.4, 0.5) is 0 Å². The van der Waals surface area contributed by atoms with E-state index in [1.54, 1.807) is 19.0 Å². The zero-order valence-electron chi connectivity index (χ0n) is 21.0.